The van der Waals surface area contributed by atoms with Crippen LogP contribution in [0.25, 0.3) is 0 Å². The number of terminal acetylenes is 1. The standard InChI is InChI=1S/C10H18N2O/c1-6-8(7-2)11-9(13)12-10(3,4)5/h1,8H,7H2,2-5H3,(H2,11,12,13). The Morgan fingerprint density at radius 3 is 2.38 bits per heavy atom. The molecule has 0 saturated heterocycles. The Balaban J connectivity index is 3.96. The van der Waals surface area contributed by atoms with Crippen molar-refractivity contribution in [2.45, 2.75) is 45.7 Å². The third-order valence-corrected chi connectivity index (χ3v) is 1.40. The van der Waals surface area contributed by atoms with Gasteiger partial charge in [-0.3, -0.25) is 0 Å². The normalized spacial score (nSPS) is 12.8. The van der Waals surface area contributed by atoms with Gasteiger partial charge in [-0.05, 0) is 27.2 Å². The van der Waals surface area contributed by atoms with E-state index in [2.05, 4.69) is 16.6 Å². The van der Waals surface area contributed by atoms with Crippen LogP contribution in [0.3, 0.4) is 0 Å². The van der Waals surface area contributed by atoms with Crippen LogP contribution in [0, 0.1) is 12.3 Å². The zero-order valence-corrected chi connectivity index (χ0v) is 8.77. The average Bonchev–Trinajstić information content (AvgIpc) is 1.96. The van der Waals surface area contributed by atoms with Gasteiger partial charge in [0.2, 0.25) is 0 Å². The summed E-state index contributed by atoms with van der Waals surface area (Å²) >= 11 is 0. The Hall–Kier alpha value is -1.17. The molecule has 0 aromatic carbocycles. The maximum atomic E-state index is 11.3. The Kier molecular flexibility index (Phi) is 4.33. The lowest BCUT2D eigenvalue weighted by molar-refractivity contribution is 0.230. The van der Waals surface area contributed by atoms with Crippen molar-refractivity contribution in [3.63, 3.8) is 0 Å². The first-order valence-electron chi connectivity index (χ1n) is 4.44. The summed E-state index contributed by atoms with van der Waals surface area (Å²) in [6, 6.07) is -0.389. The van der Waals surface area contributed by atoms with Crippen LogP contribution >= 0.6 is 0 Å². The molecule has 3 heteroatoms. The lowest BCUT2D eigenvalue weighted by Crippen LogP contribution is -2.49. The molecule has 13 heavy (non-hydrogen) atoms. The molecule has 0 saturated carbocycles. The van der Waals surface area contributed by atoms with E-state index in [1.165, 1.54) is 0 Å². The molecule has 0 aliphatic carbocycles. The first-order chi connectivity index (χ1) is 5.89. The Morgan fingerprint density at radius 2 is 2.08 bits per heavy atom. The minimum Gasteiger partial charge on any atom is -0.334 e. The maximum absolute atomic E-state index is 11.3. The van der Waals surface area contributed by atoms with Gasteiger partial charge < -0.3 is 10.6 Å². The van der Waals surface area contributed by atoms with E-state index in [0.717, 1.165) is 6.42 Å². The predicted octanol–water partition coefficient (Wildman–Crippen LogP) is 1.50. The zero-order valence-electron chi connectivity index (χ0n) is 8.77. The van der Waals surface area contributed by atoms with Crippen molar-refractivity contribution in [3.8, 4) is 12.3 Å². The second-order valence-electron chi connectivity index (χ2n) is 3.98. The van der Waals surface area contributed by atoms with Crippen LogP contribution in [0.2, 0.25) is 0 Å². The van der Waals surface area contributed by atoms with Crippen LogP contribution < -0.4 is 10.6 Å². The first kappa shape index (κ1) is 11.8. The number of carbonyl (C=O) groups is 1. The van der Waals surface area contributed by atoms with Gasteiger partial charge in [0.25, 0.3) is 0 Å². The molecule has 0 aromatic rings. The van der Waals surface area contributed by atoms with E-state index in [9.17, 15) is 4.79 Å². The first-order valence-corrected chi connectivity index (χ1v) is 4.44. The number of hydrogen-bond donors (Lipinski definition) is 2. The number of hydrogen-bond acceptors (Lipinski definition) is 1. The molecule has 3 nitrogen and oxygen atoms in total. The molecule has 0 bridgehead atoms. The van der Waals surface area contributed by atoms with E-state index in [-0.39, 0.29) is 17.6 Å². The Labute approximate surface area is 80.3 Å². The van der Waals surface area contributed by atoms with Crippen LogP contribution in [0.4, 0.5) is 4.79 Å². The van der Waals surface area contributed by atoms with Crippen molar-refractivity contribution in [2.24, 2.45) is 0 Å². The molecule has 1 unspecified atom stereocenters. The highest BCUT2D eigenvalue weighted by Crippen LogP contribution is 1.98. The van der Waals surface area contributed by atoms with Gasteiger partial charge in [-0.1, -0.05) is 12.8 Å². The summed E-state index contributed by atoms with van der Waals surface area (Å²) < 4.78 is 0. The van der Waals surface area contributed by atoms with E-state index in [4.69, 9.17) is 6.42 Å². The molecular formula is C10H18N2O. The van der Waals surface area contributed by atoms with Crippen molar-refractivity contribution < 1.29 is 4.79 Å². The number of amides is 2. The minimum atomic E-state index is -0.225. The van der Waals surface area contributed by atoms with E-state index in [1.807, 2.05) is 27.7 Å². The van der Waals surface area contributed by atoms with Crippen molar-refractivity contribution in [3.05, 3.63) is 0 Å². The van der Waals surface area contributed by atoms with Crippen molar-refractivity contribution >= 4 is 6.03 Å². The fraction of sp³-hybridized carbons (Fsp3) is 0.700. The summed E-state index contributed by atoms with van der Waals surface area (Å²) in [6.07, 6.45) is 5.95. The molecule has 0 heterocycles. The summed E-state index contributed by atoms with van der Waals surface area (Å²) in [5.41, 5.74) is -0.225. The molecule has 0 radical (unpaired) electrons. The van der Waals surface area contributed by atoms with Gasteiger partial charge in [0, 0.05) is 5.54 Å². The smallest absolute Gasteiger partial charge is 0.316 e. The average molecular weight is 182 g/mol. The highest BCUT2D eigenvalue weighted by atomic mass is 16.2. The van der Waals surface area contributed by atoms with Gasteiger partial charge in [0.1, 0.15) is 0 Å². The van der Waals surface area contributed by atoms with Crippen LogP contribution in [0.1, 0.15) is 34.1 Å². The van der Waals surface area contributed by atoms with E-state index < -0.39 is 0 Å². The summed E-state index contributed by atoms with van der Waals surface area (Å²) in [7, 11) is 0. The predicted molar refractivity (Wildman–Crippen MR) is 54.3 cm³/mol. The summed E-state index contributed by atoms with van der Waals surface area (Å²) in [4.78, 5) is 11.3. The van der Waals surface area contributed by atoms with Crippen molar-refractivity contribution in [1.29, 1.82) is 0 Å². The molecule has 2 amide bonds. The second kappa shape index (κ2) is 4.76. The molecule has 0 aromatic heterocycles. The van der Waals surface area contributed by atoms with Gasteiger partial charge in [-0.25, -0.2) is 4.79 Å². The zero-order chi connectivity index (χ0) is 10.5. The second-order valence-corrected chi connectivity index (χ2v) is 3.98. The lowest BCUT2D eigenvalue weighted by atomic mass is 10.1. The van der Waals surface area contributed by atoms with Gasteiger partial charge in [0.15, 0.2) is 0 Å². The summed E-state index contributed by atoms with van der Waals surface area (Å²) in [6.45, 7) is 7.69. The number of rotatable bonds is 2. The molecule has 0 aliphatic rings. The van der Waals surface area contributed by atoms with Crippen LogP contribution in [-0.4, -0.2) is 17.6 Å². The molecule has 0 aliphatic heterocycles. The fourth-order valence-electron chi connectivity index (χ4n) is 0.797. The monoisotopic (exact) mass is 182 g/mol. The van der Waals surface area contributed by atoms with Crippen LogP contribution in [0.5, 0.6) is 0 Å². The summed E-state index contributed by atoms with van der Waals surface area (Å²) in [5, 5.41) is 5.46. The third-order valence-electron chi connectivity index (χ3n) is 1.40. The third kappa shape index (κ3) is 6.03. The Bertz CT molecular complexity index is 210. The SMILES string of the molecule is C#CC(CC)NC(=O)NC(C)(C)C. The fourth-order valence-corrected chi connectivity index (χ4v) is 0.797. The van der Waals surface area contributed by atoms with Crippen LogP contribution in [-0.2, 0) is 0 Å². The molecule has 1 atom stereocenters. The van der Waals surface area contributed by atoms with E-state index >= 15 is 0 Å². The molecular weight excluding hydrogens is 164 g/mol. The lowest BCUT2D eigenvalue weighted by Gasteiger charge is -2.22. The van der Waals surface area contributed by atoms with E-state index in [0.29, 0.717) is 0 Å². The van der Waals surface area contributed by atoms with Gasteiger partial charge in [-0.15, -0.1) is 6.42 Å². The number of carbonyl (C=O) groups excluding carboxylic acids is 1. The topological polar surface area (TPSA) is 41.1 Å². The van der Waals surface area contributed by atoms with Crippen LogP contribution in [0.15, 0.2) is 0 Å². The molecule has 74 valence electrons. The highest BCUT2D eigenvalue weighted by Gasteiger charge is 2.14. The van der Waals surface area contributed by atoms with Crippen molar-refractivity contribution in [1.82, 2.24) is 10.6 Å². The number of urea groups is 1. The maximum Gasteiger partial charge on any atom is 0.316 e. The molecule has 0 rings (SSSR count). The largest absolute Gasteiger partial charge is 0.334 e. The molecule has 0 spiro atoms. The molecule has 2 N–H and O–H groups in total. The van der Waals surface area contributed by atoms with E-state index in [1.54, 1.807) is 0 Å². The Morgan fingerprint density at radius 1 is 1.54 bits per heavy atom. The minimum absolute atomic E-state index is 0.178. The highest BCUT2D eigenvalue weighted by molar-refractivity contribution is 5.75. The van der Waals surface area contributed by atoms with Crippen molar-refractivity contribution in [2.75, 3.05) is 0 Å². The quantitative estimate of drug-likeness (QED) is 0.624. The number of nitrogens with one attached hydrogen (secondary N) is 2. The van der Waals surface area contributed by atoms with Gasteiger partial charge in [0.05, 0.1) is 6.04 Å². The molecule has 0 fully saturated rings. The summed E-state index contributed by atoms with van der Waals surface area (Å²) in [5.74, 6) is 2.50. The van der Waals surface area contributed by atoms with Gasteiger partial charge >= 0.3 is 6.03 Å². The van der Waals surface area contributed by atoms with Gasteiger partial charge in [-0.2, -0.15) is 0 Å².